The lowest BCUT2D eigenvalue weighted by atomic mass is 10.1. The van der Waals surface area contributed by atoms with Gasteiger partial charge < -0.3 is 9.80 Å². The second kappa shape index (κ2) is 5.06. The molecular formula is C20H20N2. The van der Waals surface area contributed by atoms with Gasteiger partial charge in [0.1, 0.15) is 0 Å². The molecule has 1 aliphatic rings. The minimum Gasteiger partial charge on any atom is -0.370 e. The van der Waals surface area contributed by atoms with Gasteiger partial charge in [-0.15, -0.1) is 0 Å². The minimum absolute atomic E-state index is 0.942. The van der Waals surface area contributed by atoms with Crippen molar-refractivity contribution in [3.63, 3.8) is 0 Å². The Morgan fingerprint density at radius 3 is 1.64 bits per heavy atom. The summed E-state index contributed by atoms with van der Waals surface area (Å²) in [5.74, 6) is 0. The average Bonchev–Trinajstić information content (AvgIpc) is 2.58. The van der Waals surface area contributed by atoms with E-state index in [4.69, 9.17) is 0 Å². The summed E-state index contributed by atoms with van der Waals surface area (Å²) in [7, 11) is 4.38. The topological polar surface area (TPSA) is 6.48 Å². The summed E-state index contributed by atoms with van der Waals surface area (Å²) >= 11 is 0. The molecule has 4 rings (SSSR count). The van der Waals surface area contributed by atoms with E-state index >= 15 is 0 Å². The van der Waals surface area contributed by atoms with E-state index in [0.717, 1.165) is 13.1 Å². The SMILES string of the molecule is CN1Cc2ccccc2CN(C)c2cccc3cccc1c23. The van der Waals surface area contributed by atoms with Gasteiger partial charge in [-0.2, -0.15) is 0 Å². The Morgan fingerprint density at radius 1 is 0.636 bits per heavy atom. The standard InChI is InChI=1S/C20H20N2/c1-21-13-16-7-3-4-8-17(16)14-22(2)19-12-6-10-15-9-5-11-18(21)20(15)19/h3-12H,13-14H2,1-2H3. The number of hydrogen-bond donors (Lipinski definition) is 0. The molecule has 0 bridgehead atoms. The van der Waals surface area contributed by atoms with Crippen LogP contribution in [0.15, 0.2) is 60.7 Å². The fourth-order valence-electron chi connectivity index (χ4n) is 3.49. The van der Waals surface area contributed by atoms with E-state index in [1.54, 1.807) is 0 Å². The third-order valence-electron chi connectivity index (χ3n) is 4.62. The van der Waals surface area contributed by atoms with Gasteiger partial charge in [-0.1, -0.05) is 48.5 Å². The molecule has 2 nitrogen and oxygen atoms in total. The van der Waals surface area contributed by atoms with Crippen molar-refractivity contribution in [2.45, 2.75) is 13.1 Å². The number of hydrogen-bond acceptors (Lipinski definition) is 2. The summed E-state index contributed by atoms with van der Waals surface area (Å²) in [5, 5.41) is 2.66. The van der Waals surface area contributed by atoms with Crippen molar-refractivity contribution < 1.29 is 0 Å². The van der Waals surface area contributed by atoms with Gasteiger partial charge in [-0.05, 0) is 28.6 Å². The monoisotopic (exact) mass is 288 g/mol. The van der Waals surface area contributed by atoms with E-state index in [-0.39, 0.29) is 0 Å². The Labute approximate surface area is 131 Å². The maximum Gasteiger partial charge on any atom is 0.0467 e. The lowest BCUT2D eigenvalue weighted by molar-refractivity contribution is 0.878. The third-order valence-corrected chi connectivity index (χ3v) is 4.62. The van der Waals surface area contributed by atoms with Gasteiger partial charge in [0.05, 0.1) is 0 Å². The number of fused-ring (bicyclic) bond motifs is 1. The van der Waals surface area contributed by atoms with Gasteiger partial charge in [0.15, 0.2) is 0 Å². The number of rotatable bonds is 0. The van der Waals surface area contributed by atoms with Crippen LogP contribution in [0.2, 0.25) is 0 Å². The van der Waals surface area contributed by atoms with Crippen LogP contribution in [0.5, 0.6) is 0 Å². The van der Waals surface area contributed by atoms with E-state index in [1.165, 1.54) is 33.3 Å². The highest BCUT2D eigenvalue weighted by Crippen LogP contribution is 2.36. The molecular weight excluding hydrogens is 268 g/mol. The number of anilines is 2. The first-order valence-corrected chi connectivity index (χ1v) is 7.75. The zero-order valence-electron chi connectivity index (χ0n) is 13.1. The van der Waals surface area contributed by atoms with Gasteiger partial charge in [0.25, 0.3) is 0 Å². The largest absolute Gasteiger partial charge is 0.370 e. The normalized spacial score (nSPS) is 14.3. The molecule has 0 spiro atoms. The van der Waals surface area contributed by atoms with Crippen molar-refractivity contribution in [2.24, 2.45) is 0 Å². The molecule has 0 fully saturated rings. The van der Waals surface area contributed by atoms with Crippen LogP contribution in [0, 0.1) is 0 Å². The average molecular weight is 288 g/mol. The summed E-state index contributed by atoms with van der Waals surface area (Å²) in [5.41, 5.74) is 5.41. The van der Waals surface area contributed by atoms with Crippen LogP contribution in [0.4, 0.5) is 11.4 Å². The molecule has 1 heterocycles. The Hall–Kier alpha value is -2.48. The molecule has 0 aliphatic carbocycles. The van der Waals surface area contributed by atoms with Crippen molar-refractivity contribution in [3.8, 4) is 0 Å². The summed E-state index contributed by atoms with van der Waals surface area (Å²) in [4.78, 5) is 4.73. The van der Waals surface area contributed by atoms with Crippen molar-refractivity contribution in [2.75, 3.05) is 23.9 Å². The lowest BCUT2D eigenvalue weighted by Crippen LogP contribution is -2.18. The third kappa shape index (κ3) is 2.03. The fraction of sp³-hybridized carbons (Fsp3) is 0.200. The smallest absolute Gasteiger partial charge is 0.0467 e. The molecule has 22 heavy (non-hydrogen) atoms. The van der Waals surface area contributed by atoms with E-state index < -0.39 is 0 Å². The first-order valence-electron chi connectivity index (χ1n) is 7.75. The van der Waals surface area contributed by atoms with E-state index in [0.29, 0.717) is 0 Å². The molecule has 0 N–H and O–H groups in total. The molecule has 3 aromatic rings. The molecule has 0 saturated carbocycles. The van der Waals surface area contributed by atoms with Gasteiger partial charge >= 0.3 is 0 Å². The van der Waals surface area contributed by atoms with Gasteiger partial charge in [-0.25, -0.2) is 0 Å². The van der Waals surface area contributed by atoms with Crippen LogP contribution in [-0.4, -0.2) is 14.1 Å². The molecule has 0 atom stereocenters. The quantitative estimate of drug-likeness (QED) is 0.604. The van der Waals surface area contributed by atoms with Crippen molar-refractivity contribution in [1.82, 2.24) is 0 Å². The zero-order chi connectivity index (χ0) is 15.1. The highest BCUT2D eigenvalue weighted by molar-refractivity contribution is 6.03. The summed E-state index contributed by atoms with van der Waals surface area (Å²) in [6.45, 7) is 1.88. The maximum atomic E-state index is 2.36. The fourth-order valence-corrected chi connectivity index (χ4v) is 3.49. The highest BCUT2D eigenvalue weighted by atomic mass is 15.1. The maximum absolute atomic E-state index is 2.36. The number of nitrogens with zero attached hydrogens (tertiary/aromatic N) is 2. The van der Waals surface area contributed by atoms with Crippen LogP contribution in [-0.2, 0) is 13.1 Å². The van der Waals surface area contributed by atoms with Crippen molar-refractivity contribution in [1.29, 1.82) is 0 Å². The van der Waals surface area contributed by atoms with Gasteiger partial charge in [0, 0.05) is 43.9 Å². The van der Waals surface area contributed by atoms with Crippen LogP contribution >= 0.6 is 0 Å². The first kappa shape index (κ1) is 13.2. The summed E-state index contributed by atoms with van der Waals surface area (Å²) < 4.78 is 0. The highest BCUT2D eigenvalue weighted by Gasteiger charge is 2.17. The van der Waals surface area contributed by atoms with Crippen LogP contribution in [0.3, 0.4) is 0 Å². The van der Waals surface area contributed by atoms with Gasteiger partial charge in [-0.3, -0.25) is 0 Å². The Kier molecular flexibility index (Phi) is 3.04. The van der Waals surface area contributed by atoms with E-state index in [9.17, 15) is 0 Å². The molecule has 0 radical (unpaired) electrons. The molecule has 0 amide bonds. The molecule has 2 heteroatoms. The van der Waals surface area contributed by atoms with Crippen molar-refractivity contribution >= 4 is 22.1 Å². The Balaban J connectivity index is 2.00. The molecule has 3 aromatic carbocycles. The predicted octanol–water partition coefficient (Wildman–Crippen LogP) is 4.43. The van der Waals surface area contributed by atoms with E-state index in [1.807, 2.05) is 0 Å². The molecule has 0 unspecified atom stereocenters. The zero-order valence-corrected chi connectivity index (χ0v) is 13.1. The Bertz CT molecular complexity index is 772. The molecule has 0 aromatic heterocycles. The second-order valence-corrected chi connectivity index (χ2v) is 6.13. The van der Waals surface area contributed by atoms with Crippen LogP contribution in [0.25, 0.3) is 10.8 Å². The summed E-state index contributed by atoms with van der Waals surface area (Å²) in [6, 6.07) is 21.9. The molecule has 1 aliphatic heterocycles. The predicted molar refractivity (Wildman–Crippen MR) is 94.6 cm³/mol. The van der Waals surface area contributed by atoms with E-state index in [2.05, 4.69) is 84.6 Å². The van der Waals surface area contributed by atoms with Gasteiger partial charge in [0.2, 0.25) is 0 Å². The second-order valence-electron chi connectivity index (χ2n) is 6.13. The minimum atomic E-state index is 0.942. The Morgan fingerprint density at radius 2 is 1.14 bits per heavy atom. The summed E-state index contributed by atoms with van der Waals surface area (Å²) in [6.07, 6.45) is 0. The van der Waals surface area contributed by atoms with Crippen LogP contribution < -0.4 is 9.80 Å². The molecule has 110 valence electrons. The first-order chi connectivity index (χ1) is 10.7. The molecule has 0 saturated heterocycles. The van der Waals surface area contributed by atoms with Crippen LogP contribution in [0.1, 0.15) is 11.1 Å². The lowest BCUT2D eigenvalue weighted by Gasteiger charge is -2.23. The number of benzene rings is 3. The van der Waals surface area contributed by atoms with Crippen molar-refractivity contribution in [3.05, 3.63) is 71.8 Å².